The number of benzene rings is 1. The van der Waals surface area contributed by atoms with Crippen molar-refractivity contribution in [2.75, 3.05) is 7.11 Å². The van der Waals surface area contributed by atoms with Gasteiger partial charge in [0.1, 0.15) is 5.75 Å². The zero-order chi connectivity index (χ0) is 15.6. The van der Waals surface area contributed by atoms with Gasteiger partial charge in [-0.1, -0.05) is 0 Å². The third kappa shape index (κ3) is 2.40. The lowest BCUT2D eigenvalue weighted by Gasteiger charge is -2.02. The molecule has 0 amide bonds. The van der Waals surface area contributed by atoms with E-state index < -0.39 is 0 Å². The summed E-state index contributed by atoms with van der Waals surface area (Å²) in [7, 11) is 1.64. The number of hydrogen-bond donors (Lipinski definition) is 0. The molecule has 1 aromatic carbocycles. The zero-order valence-electron chi connectivity index (χ0n) is 12.4. The van der Waals surface area contributed by atoms with Crippen LogP contribution in [0.4, 0.5) is 0 Å². The first-order chi connectivity index (χ1) is 11.3. The lowest BCUT2D eigenvalue weighted by atomic mass is 10.2. The first-order valence-corrected chi connectivity index (χ1v) is 7.12. The molecule has 0 aliphatic rings. The highest BCUT2D eigenvalue weighted by atomic mass is 16.5. The van der Waals surface area contributed by atoms with Crippen molar-refractivity contribution in [3.63, 3.8) is 0 Å². The minimum absolute atomic E-state index is 0.560. The number of nitrogens with zero attached hydrogens (tertiary/aromatic N) is 5. The fourth-order valence-electron chi connectivity index (χ4n) is 2.40. The molecule has 0 spiro atoms. The summed E-state index contributed by atoms with van der Waals surface area (Å²) in [6.45, 7) is 0. The molecule has 0 saturated heterocycles. The van der Waals surface area contributed by atoms with E-state index in [4.69, 9.17) is 4.74 Å². The van der Waals surface area contributed by atoms with Crippen LogP contribution in [0.1, 0.15) is 0 Å². The molecular weight excluding hydrogens is 290 g/mol. The molecule has 6 heteroatoms. The van der Waals surface area contributed by atoms with Gasteiger partial charge in [0.25, 0.3) is 5.78 Å². The quantitative estimate of drug-likeness (QED) is 0.582. The SMILES string of the molecule is COc1ccc(-c2nc3nccc(-c4ccncc4)n3n2)cc1. The molecule has 3 heterocycles. The van der Waals surface area contributed by atoms with Crippen molar-refractivity contribution in [3.8, 4) is 28.4 Å². The molecule has 6 nitrogen and oxygen atoms in total. The fourth-order valence-corrected chi connectivity index (χ4v) is 2.40. The van der Waals surface area contributed by atoms with Crippen LogP contribution in [-0.2, 0) is 0 Å². The molecule has 0 N–H and O–H groups in total. The zero-order valence-corrected chi connectivity index (χ0v) is 12.4. The number of rotatable bonds is 3. The minimum Gasteiger partial charge on any atom is -0.497 e. The van der Waals surface area contributed by atoms with E-state index in [1.54, 1.807) is 30.2 Å². The van der Waals surface area contributed by atoms with Gasteiger partial charge in [0, 0.05) is 29.7 Å². The maximum atomic E-state index is 5.18. The summed E-state index contributed by atoms with van der Waals surface area (Å²) in [4.78, 5) is 12.9. The molecule has 0 saturated carbocycles. The Morgan fingerprint density at radius 1 is 0.870 bits per heavy atom. The standard InChI is InChI=1S/C17H13N5O/c1-23-14-4-2-13(3-5-14)16-20-17-19-11-8-15(22(17)21-16)12-6-9-18-10-7-12/h2-11H,1H3. The molecule has 23 heavy (non-hydrogen) atoms. The predicted molar refractivity (Wildman–Crippen MR) is 86.0 cm³/mol. The smallest absolute Gasteiger partial charge is 0.253 e. The molecule has 0 aliphatic carbocycles. The molecular formula is C17H13N5O. The highest BCUT2D eigenvalue weighted by Crippen LogP contribution is 2.22. The maximum Gasteiger partial charge on any atom is 0.253 e. The van der Waals surface area contributed by atoms with Crippen molar-refractivity contribution in [1.82, 2.24) is 24.6 Å². The molecule has 3 aromatic heterocycles. The van der Waals surface area contributed by atoms with Crippen LogP contribution in [0.2, 0.25) is 0 Å². The first-order valence-electron chi connectivity index (χ1n) is 7.12. The Balaban J connectivity index is 1.84. The Bertz CT molecular complexity index is 948. The normalized spacial score (nSPS) is 10.8. The molecule has 4 aromatic rings. The largest absolute Gasteiger partial charge is 0.497 e. The highest BCUT2D eigenvalue weighted by Gasteiger charge is 2.11. The van der Waals surface area contributed by atoms with Crippen molar-refractivity contribution < 1.29 is 4.74 Å². The summed E-state index contributed by atoms with van der Waals surface area (Å²) < 4.78 is 6.92. The Hall–Kier alpha value is -3.28. The summed E-state index contributed by atoms with van der Waals surface area (Å²) >= 11 is 0. The Morgan fingerprint density at radius 2 is 1.65 bits per heavy atom. The van der Waals surface area contributed by atoms with Gasteiger partial charge >= 0.3 is 0 Å². The fraction of sp³-hybridized carbons (Fsp3) is 0.0588. The van der Waals surface area contributed by atoms with Crippen molar-refractivity contribution in [2.24, 2.45) is 0 Å². The van der Waals surface area contributed by atoms with Gasteiger partial charge in [-0.05, 0) is 42.5 Å². The summed E-state index contributed by atoms with van der Waals surface area (Å²) in [6, 6.07) is 13.4. The number of fused-ring (bicyclic) bond motifs is 1. The lowest BCUT2D eigenvalue weighted by molar-refractivity contribution is 0.415. The number of pyridine rings is 1. The van der Waals surface area contributed by atoms with Crippen LogP contribution in [-0.4, -0.2) is 31.7 Å². The van der Waals surface area contributed by atoms with E-state index in [9.17, 15) is 0 Å². The molecule has 0 aliphatic heterocycles. The van der Waals surface area contributed by atoms with E-state index in [1.807, 2.05) is 42.5 Å². The van der Waals surface area contributed by atoms with Gasteiger partial charge < -0.3 is 4.74 Å². The Labute approximate surface area is 132 Å². The topological polar surface area (TPSA) is 65.2 Å². The minimum atomic E-state index is 0.560. The van der Waals surface area contributed by atoms with Gasteiger partial charge in [0.15, 0.2) is 5.82 Å². The van der Waals surface area contributed by atoms with Gasteiger partial charge in [-0.25, -0.2) is 4.98 Å². The number of methoxy groups -OCH3 is 1. The van der Waals surface area contributed by atoms with Crippen LogP contribution in [0.15, 0.2) is 61.1 Å². The van der Waals surface area contributed by atoms with E-state index in [1.165, 1.54) is 0 Å². The Kier molecular flexibility index (Phi) is 3.20. The molecule has 0 bridgehead atoms. The summed E-state index contributed by atoms with van der Waals surface area (Å²) in [5.41, 5.74) is 2.85. The van der Waals surface area contributed by atoms with Gasteiger partial charge in [-0.15, -0.1) is 5.10 Å². The molecule has 0 radical (unpaired) electrons. The van der Waals surface area contributed by atoms with Crippen LogP contribution >= 0.6 is 0 Å². The van der Waals surface area contributed by atoms with E-state index >= 15 is 0 Å². The van der Waals surface area contributed by atoms with Gasteiger partial charge in [-0.2, -0.15) is 9.50 Å². The van der Waals surface area contributed by atoms with Crippen molar-refractivity contribution >= 4 is 5.78 Å². The van der Waals surface area contributed by atoms with E-state index in [0.717, 1.165) is 22.6 Å². The summed E-state index contributed by atoms with van der Waals surface area (Å²) in [6.07, 6.45) is 5.24. The Morgan fingerprint density at radius 3 is 2.39 bits per heavy atom. The monoisotopic (exact) mass is 303 g/mol. The van der Waals surface area contributed by atoms with Crippen molar-refractivity contribution in [2.45, 2.75) is 0 Å². The summed E-state index contributed by atoms with van der Waals surface area (Å²) in [5, 5.41) is 4.60. The maximum absolute atomic E-state index is 5.18. The van der Waals surface area contributed by atoms with Crippen LogP contribution in [0, 0.1) is 0 Å². The van der Waals surface area contributed by atoms with Crippen molar-refractivity contribution in [1.29, 1.82) is 0 Å². The number of aromatic nitrogens is 5. The van der Waals surface area contributed by atoms with Crippen LogP contribution in [0.25, 0.3) is 28.4 Å². The molecule has 0 unspecified atom stereocenters. The van der Waals surface area contributed by atoms with Gasteiger partial charge in [0.2, 0.25) is 0 Å². The van der Waals surface area contributed by atoms with Crippen LogP contribution in [0.3, 0.4) is 0 Å². The van der Waals surface area contributed by atoms with E-state index in [0.29, 0.717) is 11.6 Å². The van der Waals surface area contributed by atoms with E-state index in [2.05, 4.69) is 20.1 Å². The molecule has 112 valence electrons. The molecule has 0 fully saturated rings. The van der Waals surface area contributed by atoms with Crippen LogP contribution in [0.5, 0.6) is 5.75 Å². The first kappa shape index (κ1) is 13.4. The average molecular weight is 303 g/mol. The number of hydrogen-bond acceptors (Lipinski definition) is 5. The highest BCUT2D eigenvalue weighted by molar-refractivity contribution is 5.63. The van der Waals surface area contributed by atoms with E-state index in [-0.39, 0.29) is 0 Å². The lowest BCUT2D eigenvalue weighted by Crippen LogP contribution is -1.95. The number of ether oxygens (including phenoxy) is 1. The third-order valence-corrected chi connectivity index (χ3v) is 3.56. The summed E-state index contributed by atoms with van der Waals surface area (Å²) in [5.74, 6) is 1.99. The average Bonchev–Trinajstić information content (AvgIpc) is 3.06. The predicted octanol–water partition coefficient (Wildman–Crippen LogP) is 2.86. The van der Waals surface area contributed by atoms with Gasteiger partial charge in [0.05, 0.1) is 12.8 Å². The van der Waals surface area contributed by atoms with Crippen LogP contribution < -0.4 is 4.74 Å². The second kappa shape index (κ2) is 5.49. The molecule has 0 atom stereocenters. The second-order valence-corrected chi connectivity index (χ2v) is 4.94. The van der Waals surface area contributed by atoms with Gasteiger partial charge in [-0.3, -0.25) is 4.98 Å². The third-order valence-electron chi connectivity index (χ3n) is 3.56. The van der Waals surface area contributed by atoms with Crippen molar-refractivity contribution in [3.05, 3.63) is 61.1 Å². The second-order valence-electron chi connectivity index (χ2n) is 4.94. The molecule has 4 rings (SSSR count).